The molecule has 0 aliphatic carbocycles. The molecular weight excluding hydrogens is 370 g/mol. The highest BCUT2D eigenvalue weighted by Gasteiger charge is 2.23. The van der Waals surface area contributed by atoms with Crippen LogP contribution in [0.2, 0.25) is 0 Å². The zero-order valence-electron chi connectivity index (χ0n) is 16.2. The van der Waals surface area contributed by atoms with Gasteiger partial charge in [0.2, 0.25) is 5.91 Å². The number of rotatable bonds is 6. The lowest BCUT2D eigenvalue weighted by Gasteiger charge is -2.27. The van der Waals surface area contributed by atoms with Crippen molar-refractivity contribution in [1.82, 2.24) is 4.98 Å². The monoisotopic (exact) mass is 396 g/mol. The minimum atomic E-state index is 0.106. The summed E-state index contributed by atoms with van der Waals surface area (Å²) in [5.41, 5.74) is 3.21. The Morgan fingerprint density at radius 2 is 1.96 bits per heavy atom. The van der Waals surface area contributed by atoms with Crippen LogP contribution in [0.1, 0.15) is 11.1 Å². The van der Waals surface area contributed by atoms with Crippen LogP contribution in [0.15, 0.2) is 48.5 Å². The maximum absolute atomic E-state index is 13.2. The lowest BCUT2D eigenvalue weighted by molar-refractivity contribution is -0.906. The van der Waals surface area contributed by atoms with Gasteiger partial charge in [-0.15, -0.1) is 0 Å². The third kappa shape index (κ3) is 4.58. The standard InChI is InChI=1S/C22H25N3O2S/c1-17-7-8-19-20(15-17)28-22(23-19)25(10-9-24-11-13-27-14-12-24)21(26)16-18-5-3-2-4-6-18/h2-8,15H,9-14,16H2,1H3/p+1. The summed E-state index contributed by atoms with van der Waals surface area (Å²) in [5, 5.41) is 0.800. The zero-order valence-corrected chi connectivity index (χ0v) is 17.0. The van der Waals surface area contributed by atoms with Crippen molar-refractivity contribution in [1.29, 1.82) is 0 Å². The number of nitrogens with zero attached hydrogens (tertiary/aromatic N) is 2. The van der Waals surface area contributed by atoms with Gasteiger partial charge in [-0.05, 0) is 30.2 Å². The van der Waals surface area contributed by atoms with Crippen molar-refractivity contribution >= 4 is 32.6 Å². The van der Waals surface area contributed by atoms with Crippen molar-refractivity contribution in [2.24, 2.45) is 0 Å². The van der Waals surface area contributed by atoms with E-state index in [0.717, 1.165) is 53.8 Å². The fraction of sp³-hybridized carbons (Fsp3) is 0.364. The number of aryl methyl sites for hydroxylation is 1. The molecule has 0 radical (unpaired) electrons. The van der Waals surface area contributed by atoms with E-state index >= 15 is 0 Å². The topological polar surface area (TPSA) is 46.9 Å². The van der Waals surface area contributed by atoms with Gasteiger partial charge >= 0.3 is 0 Å². The van der Waals surface area contributed by atoms with E-state index in [0.29, 0.717) is 13.0 Å². The predicted molar refractivity (Wildman–Crippen MR) is 113 cm³/mol. The Morgan fingerprint density at radius 1 is 1.18 bits per heavy atom. The van der Waals surface area contributed by atoms with Crippen LogP contribution in [0.4, 0.5) is 5.13 Å². The normalized spacial score (nSPS) is 15.0. The van der Waals surface area contributed by atoms with Crippen molar-refractivity contribution in [2.45, 2.75) is 13.3 Å². The maximum atomic E-state index is 13.2. The quantitative estimate of drug-likeness (QED) is 0.694. The zero-order chi connectivity index (χ0) is 19.3. The molecular formula is C22H26N3O2S+. The van der Waals surface area contributed by atoms with Crippen molar-refractivity contribution < 1.29 is 14.4 Å². The maximum Gasteiger partial charge on any atom is 0.233 e. The van der Waals surface area contributed by atoms with Crippen LogP contribution in [-0.2, 0) is 16.0 Å². The molecule has 1 fully saturated rings. The lowest BCUT2D eigenvalue weighted by Crippen LogP contribution is -3.14. The second-order valence-electron chi connectivity index (χ2n) is 7.29. The molecule has 2 aromatic carbocycles. The minimum Gasteiger partial charge on any atom is -0.370 e. The summed E-state index contributed by atoms with van der Waals surface area (Å²) in [6, 6.07) is 16.2. The van der Waals surface area contributed by atoms with Crippen LogP contribution < -0.4 is 9.80 Å². The SMILES string of the molecule is Cc1ccc2nc(N(CC[NH+]3CCOCC3)C(=O)Cc3ccccc3)sc2c1. The number of hydrogen-bond acceptors (Lipinski definition) is 4. The first-order chi connectivity index (χ1) is 13.7. The Balaban J connectivity index is 1.56. The highest BCUT2D eigenvalue weighted by molar-refractivity contribution is 7.22. The smallest absolute Gasteiger partial charge is 0.233 e. The summed E-state index contributed by atoms with van der Waals surface area (Å²) in [5.74, 6) is 0.106. The third-order valence-electron chi connectivity index (χ3n) is 5.15. The van der Waals surface area contributed by atoms with E-state index in [4.69, 9.17) is 9.72 Å². The molecule has 0 bridgehead atoms. The number of quaternary nitrogens is 1. The molecule has 1 aliphatic rings. The van der Waals surface area contributed by atoms with Crippen LogP contribution in [0.3, 0.4) is 0 Å². The predicted octanol–water partition coefficient (Wildman–Crippen LogP) is 2.10. The number of carbonyl (C=O) groups excluding carboxylic acids is 1. The van der Waals surface area contributed by atoms with Crippen LogP contribution in [0.5, 0.6) is 0 Å². The van der Waals surface area contributed by atoms with Gasteiger partial charge in [-0.3, -0.25) is 9.69 Å². The number of aromatic nitrogens is 1. The molecule has 28 heavy (non-hydrogen) atoms. The van der Waals surface area contributed by atoms with Crippen molar-refractivity contribution in [3.63, 3.8) is 0 Å². The van der Waals surface area contributed by atoms with Gasteiger partial charge in [-0.25, -0.2) is 4.98 Å². The van der Waals surface area contributed by atoms with Crippen molar-refractivity contribution in [3.8, 4) is 0 Å². The summed E-state index contributed by atoms with van der Waals surface area (Å²) in [4.78, 5) is 21.3. The number of ether oxygens (including phenoxy) is 1. The number of carbonyl (C=O) groups is 1. The number of amides is 1. The second-order valence-corrected chi connectivity index (χ2v) is 8.30. The first-order valence-electron chi connectivity index (χ1n) is 9.82. The van der Waals surface area contributed by atoms with E-state index in [9.17, 15) is 4.79 Å². The Morgan fingerprint density at radius 3 is 2.75 bits per heavy atom. The molecule has 1 N–H and O–H groups in total. The molecule has 146 valence electrons. The molecule has 0 unspecified atom stereocenters. The Hall–Kier alpha value is -2.28. The summed E-state index contributed by atoms with van der Waals surface area (Å²) in [6.45, 7) is 7.28. The minimum absolute atomic E-state index is 0.106. The number of anilines is 1. The van der Waals surface area contributed by atoms with Crippen molar-refractivity contribution in [3.05, 3.63) is 59.7 Å². The highest BCUT2D eigenvalue weighted by atomic mass is 32.1. The molecule has 1 aliphatic heterocycles. The molecule has 1 aromatic heterocycles. The summed E-state index contributed by atoms with van der Waals surface area (Å²) < 4.78 is 6.59. The fourth-order valence-electron chi connectivity index (χ4n) is 3.51. The molecule has 6 heteroatoms. The number of fused-ring (bicyclic) bond motifs is 1. The molecule has 0 atom stereocenters. The number of nitrogens with one attached hydrogen (secondary N) is 1. The van der Waals surface area contributed by atoms with E-state index in [2.05, 4.69) is 19.1 Å². The number of benzene rings is 2. The van der Waals surface area contributed by atoms with Gasteiger partial charge in [0.05, 0.1) is 42.9 Å². The summed E-state index contributed by atoms with van der Waals surface area (Å²) >= 11 is 1.61. The molecule has 3 aromatic rings. The van der Waals surface area contributed by atoms with Crippen LogP contribution in [0.25, 0.3) is 10.2 Å². The number of morpholine rings is 1. The molecule has 1 amide bonds. The van der Waals surface area contributed by atoms with Crippen LogP contribution in [0, 0.1) is 6.92 Å². The Bertz CT molecular complexity index is 935. The first-order valence-corrected chi connectivity index (χ1v) is 10.6. The number of thiazole rings is 1. The third-order valence-corrected chi connectivity index (χ3v) is 6.19. The Labute approximate surface area is 169 Å². The van der Waals surface area contributed by atoms with Gasteiger partial charge in [0, 0.05) is 0 Å². The molecule has 5 nitrogen and oxygen atoms in total. The molecule has 0 spiro atoms. The van der Waals surface area contributed by atoms with Gasteiger partial charge in [-0.1, -0.05) is 47.7 Å². The molecule has 2 heterocycles. The molecule has 4 rings (SSSR count). The van der Waals surface area contributed by atoms with E-state index in [1.165, 1.54) is 10.5 Å². The average molecular weight is 397 g/mol. The van der Waals surface area contributed by atoms with Gasteiger partial charge in [0.25, 0.3) is 0 Å². The number of hydrogen-bond donors (Lipinski definition) is 1. The van der Waals surface area contributed by atoms with Gasteiger partial charge < -0.3 is 9.64 Å². The van der Waals surface area contributed by atoms with Gasteiger partial charge in [0.15, 0.2) is 5.13 Å². The van der Waals surface area contributed by atoms with Crippen LogP contribution >= 0.6 is 11.3 Å². The first kappa shape index (κ1) is 19.1. The van der Waals surface area contributed by atoms with Crippen molar-refractivity contribution in [2.75, 3.05) is 44.3 Å². The summed E-state index contributed by atoms with van der Waals surface area (Å²) in [7, 11) is 0. The van der Waals surface area contributed by atoms with E-state index in [-0.39, 0.29) is 5.91 Å². The molecule has 1 saturated heterocycles. The van der Waals surface area contributed by atoms with E-state index < -0.39 is 0 Å². The fourth-order valence-corrected chi connectivity index (χ4v) is 4.62. The lowest BCUT2D eigenvalue weighted by atomic mass is 10.1. The second kappa shape index (κ2) is 8.82. The molecule has 0 saturated carbocycles. The van der Waals surface area contributed by atoms with Gasteiger partial charge in [0.1, 0.15) is 13.1 Å². The largest absolute Gasteiger partial charge is 0.370 e. The summed E-state index contributed by atoms with van der Waals surface area (Å²) in [6.07, 6.45) is 0.397. The van der Waals surface area contributed by atoms with Crippen LogP contribution in [-0.4, -0.2) is 50.3 Å². The highest BCUT2D eigenvalue weighted by Crippen LogP contribution is 2.29. The van der Waals surface area contributed by atoms with E-state index in [1.54, 1.807) is 11.3 Å². The van der Waals surface area contributed by atoms with Gasteiger partial charge in [-0.2, -0.15) is 0 Å². The van der Waals surface area contributed by atoms with E-state index in [1.807, 2.05) is 41.3 Å². The average Bonchev–Trinajstić information content (AvgIpc) is 3.12. The Kier molecular flexibility index (Phi) is 6.00.